The van der Waals surface area contributed by atoms with E-state index in [9.17, 15) is 51.9 Å². The van der Waals surface area contributed by atoms with Gasteiger partial charge in [-0.1, -0.05) is 105 Å². The van der Waals surface area contributed by atoms with Crippen molar-refractivity contribution in [2.75, 3.05) is 39.3 Å². The highest BCUT2D eigenvalue weighted by molar-refractivity contribution is 7.90. The van der Waals surface area contributed by atoms with Crippen molar-refractivity contribution in [3.63, 3.8) is 0 Å². The molecule has 0 aromatic heterocycles. The molecule has 34 heteroatoms. The first-order chi connectivity index (χ1) is 57.9. The average Bonchev–Trinajstić information content (AvgIpc) is 1.69. The molecule has 0 unspecified atom stereocenters. The summed E-state index contributed by atoms with van der Waals surface area (Å²) in [5.41, 5.74) is 7.52. The Balaban J connectivity index is 0.989. The number of guanidine groups is 1. The van der Waals surface area contributed by atoms with E-state index in [0.29, 0.717) is 84.2 Å². The minimum absolute atomic E-state index is 0.0106. The first-order valence-electron chi connectivity index (χ1n) is 42.9. The molecule has 8 rings (SSSR count). The maximum atomic E-state index is 15.6. The zero-order valence-electron chi connectivity index (χ0n) is 73.6. The van der Waals surface area contributed by atoms with Crippen LogP contribution in [0.5, 0.6) is 5.75 Å². The van der Waals surface area contributed by atoms with Crippen LogP contribution in [0.25, 0.3) is 0 Å². The number of hydrogen-bond acceptors (Lipinski definition) is 19. The van der Waals surface area contributed by atoms with Crippen molar-refractivity contribution in [2.45, 2.75) is 294 Å². The summed E-state index contributed by atoms with van der Waals surface area (Å²) in [5.74, 6) is -7.97. The second-order valence-electron chi connectivity index (χ2n) is 35.5. The van der Waals surface area contributed by atoms with Crippen LogP contribution in [0.1, 0.15) is 224 Å². The molecule has 0 bridgehead atoms. The number of rotatable bonds is 39. The fourth-order valence-corrected chi connectivity index (χ4v) is 17.8. The van der Waals surface area contributed by atoms with Crippen molar-refractivity contribution in [3.05, 3.63) is 130 Å². The van der Waals surface area contributed by atoms with Crippen molar-refractivity contribution in [1.82, 2.24) is 67.3 Å². The maximum absolute atomic E-state index is 15.6. The van der Waals surface area contributed by atoms with Crippen LogP contribution in [0.4, 0.5) is 9.59 Å². The smallest absolute Gasteiger partial charge is 0.407 e. The van der Waals surface area contributed by atoms with E-state index in [1.54, 1.807) is 76.2 Å². The lowest BCUT2D eigenvalue weighted by Crippen LogP contribution is -2.60. The van der Waals surface area contributed by atoms with Crippen molar-refractivity contribution < 1.29 is 85.3 Å². The third kappa shape index (κ3) is 27.1. The fourth-order valence-electron chi connectivity index (χ4n) is 16.3. The number of carbonyl (C=O) groups excluding carboxylic acids is 11. The van der Waals surface area contributed by atoms with Gasteiger partial charge < -0.3 is 87.6 Å². The molecule has 0 radical (unpaired) electrons. The van der Waals surface area contributed by atoms with Gasteiger partial charge in [-0.05, 0) is 225 Å². The molecule has 674 valence electrons. The van der Waals surface area contributed by atoms with E-state index in [2.05, 4.69) is 52.6 Å². The number of ether oxygens (including phenoxy) is 3. The quantitative estimate of drug-likeness (QED) is 0.00919. The molecule has 123 heavy (non-hydrogen) atoms. The molecule has 4 heterocycles. The molecule has 4 aliphatic rings. The number of unbranched alkanes of at least 4 members (excludes halogenated alkanes) is 2. The molecule has 4 aliphatic heterocycles. The number of alkyl carbamates (subject to hydrolysis) is 2. The van der Waals surface area contributed by atoms with Gasteiger partial charge in [-0.3, -0.25) is 48.6 Å². The summed E-state index contributed by atoms with van der Waals surface area (Å²) < 4.78 is 47.0. The summed E-state index contributed by atoms with van der Waals surface area (Å²) in [5, 5.41) is 44.2. The maximum Gasteiger partial charge on any atom is 0.407 e. The van der Waals surface area contributed by atoms with Gasteiger partial charge in [0.1, 0.15) is 76.4 Å². The Morgan fingerprint density at radius 1 is 0.553 bits per heavy atom. The van der Waals surface area contributed by atoms with E-state index >= 15 is 19.2 Å². The Morgan fingerprint density at radius 3 is 1.54 bits per heavy atom. The van der Waals surface area contributed by atoms with Gasteiger partial charge >= 0.3 is 18.2 Å². The van der Waals surface area contributed by atoms with Gasteiger partial charge in [0, 0.05) is 57.7 Å². The summed E-state index contributed by atoms with van der Waals surface area (Å²) in [6.45, 7) is 25.1. The Morgan fingerprint density at radius 2 is 1.02 bits per heavy atom. The highest BCUT2D eigenvalue weighted by atomic mass is 32.2. The van der Waals surface area contributed by atoms with Crippen LogP contribution in [0.3, 0.4) is 0 Å². The number of fused-ring (bicyclic) bond motifs is 1. The number of carboxylic acids is 1. The van der Waals surface area contributed by atoms with Gasteiger partial charge in [0.05, 0.1) is 10.9 Å². The van der Waals surface area contributed by atoms with Crippen LogP contribution in [0.2, 0.25) is 0 Å². The molecule has 0 saturated carbocycles. The molecule has 0 spiro atoms. The highest BCUT2D eigenvalue weighted by Gasteiger charge is 2.46. The summed E-state index contributed by atoms with van der Waals surface area (Å²) in [6, 6.07) is 16.4. The minimum Gasteiger partial charge on any atom is -0.487 e. The first kappa shape index (κ1) is 97.5. The number of benzene rings is 4. The van der Waals surface area contributed by atoms with Gasteiger partial charge in [-0.25, -0.2) is 27.5 Å². The summed E-state index contributed by atoms with van der Waals surface area (Å²) in [6.07, 6.45) is 1.75. The third-order valence-electron chi connectivity index (χ3n) is 22.3. The largest absolute Gasteiger partial charge is 0.487 e. The zero-order chi connectivity index (χ0) is 90.5. The molecule has 14 N–H and O–H groups in total. The van der Waals surface area contributed by atoms with E-state index in [1.807, 2.05) is 105 Å². The van der Waals surface area contributed by atoms with E-state index in [-0.39, 0.29) is 114 Å². The van der Waals surface area contributed by atoms with E-state index in [4.69, 9.17) is 25.4 Å². The van der Waals surface area contributed by atoms with Crippen LogP contribution in [-0.2, 0) is 79.4 Å². The van der Waals surface area contributed by atoms with Gasteiger partial charge in [0.25, 0.3) is 10.0 Å². The van der Waals surface area contributed by atoms with E-state index < -0.39 is 170 Å². The minimum atomic E-state index is -4.31. The molecular weight excluding hydrogens is 1600 g/mol. The predicted molar refractivity (Wildman–Crippen MR) is 462 cm³/mol. The zero-order valence-corrected chi connectivity index (χ0v) is 74.4. The molecule has 3 saturated heterocycles. The van der Waals surface area contributed by atoms with E-state index in [0.717, 1.165) is 5.56 Å². The molecule has 4 aromatic rings. The lowest BCUT2D eigenvalue weighted by molar-refractivity contribution is -0.147. The Bertz CT molecular complexity index is 4440. The van der Waals surface area contributed by atoms with E-state index in [1.165, 1.54) is 21.6 Å². The number of hydrogen-bond donors (Lipinski definition) is 13. The van der Waals surface area contributed by atoms with Crippen LogP contribution >= 0.6 is 0 Å². The molecule has 9 atom stereocenters. The molecule has 33 nitrogen and oxygen atoms in total. The topological polar surface area (TPSA) is 467 Å². The second-order valence-corrected chi connectivity index (χ2v) is 37.1. The number of likely N-dealkylation sites (tertiary alicyclic amines) is 3. The number of nitrogens with one attached hydrogen (secondary N) is 11. The molecular formula is C89H129N15O18S. The van der Waals surface area contributed by atoms with Crippen LogP contribution in [0.15, 0.2) is 95.9 Å². The number of nitrogens with two attached hydrogens (primary N) is 1. The SMILES string of the molecule is Cc1c(C)c(S(=O)(=O)NC(=N)NCCC[C@H](NC(=O)[C@@H]2CCCN2C(=O)[C@H](CCC(=O)NC(c2ccccc2)(c2ccccc2)c2ccccc2)NC(=O)[C@H](CC(C)C)NC(=O)[C@H](CCCCNC(=O)OC(C)(C)C)NC(=O)[C@H](C)NC(=O)[C@@H]2CCCN2C(=O)[C@@H]2CCCN2C(=O)[C@@H](N)CCCCNC(=O)OC(C)(C)C)C(=O)O)c(C)c2c1OC(C)(C)C2. The fraction of sp³-hybridized carbons (Fsp3) is 0.584. The predicted octanol–water partition coefficient (Wildman–Crippen LogP) is 7.06. The van der Waals surface area contributed by atoms with Crippen molar-refractivity contribution in [1.29, 1.82) is 5.41 Å². The van der Waals surface area contributed by atoms with Crippen LogP contribution in [-0.4, -0.2) is 216 Å². The molecule has 11 amide bonds. The number of amides is 11. The van der Waals surface area contributed by atoms with Gasteiger partial charge in [-0.2, -0.15) is 0 Å². The molecule has 4 aromatic carbocycles. The van der Waals surface area contributed by atoms with Crippen molar-refractivity contribution >= 4 is 87.3 Å². The Hall–Kier alpha value is -10.9. The lowest BCUT2D eigenvalue weighted by Gasteiger charge is -2.37. The molecule has 0 aliphatic carbocycles. The monoisotopic (exact) mass is 1730 g/mol. The Labute approximate surface area is 722 Å². The van der Waals surface area contributed by atoms with Crippen molar-refractivity contribution in [2.24, 2.45) is 11.7 Å². The third-order valence-corrected chi connectivity index (χ3v) is 24.0. The van der Waals surface area contributed by atoms with Crippen LogP contribution < -0.4 is 63.0 Å². The van der Waals surface area contributed by atoms with Crippen molar-refractivity contribution in [3.8, 4) is 5.75 Å². The highest BCUT2D eigenvalue weighted by Crippen LogP contribution is 2.44. The number of carbonyl (C=O) groups is 12. The first-order valence-corrected chi connectivity index (χ1v) is 44.4. The normalized spacial score (nSPS) is 17.8. The van der Waals surface area contributed by atoms with Gasteiger partial charge in [-0.15, -0.1) is 0 Å². The average molecular weight is 1730 g/mol. The number of nitrogens with zero attached hydrogens (tertiary/aromatic N) is 3. The Kier molecular flexibility index (Phi) is 34.4. The summed E-state index contributed by atoms with van der Waals surface area (Å²) in [4.78, 5) is 175. The van der Waals surface area contributed by atoms with Crippen LogP contribution in [0, 0.1) is 32.1 Å². The lowest BCUT2D eigenvalue weighted by atomic mass is 9.77. The number of sulfonamides is 1. The standard InChI is InChI=1S/C89H129N15O18S/c1-54(2)52-67(99-75(107)64(39-25-27-47-94-85(117)122-87(10,11)12)96-74(106)58(6)95-77(109)68-41-30-50-103(68)81(113)70-43-31-51-104(70)79(111)63(90)38-24-26-46-93-84(116)121-86(7,8)9)76(108)97-65(44-45-71(105)100-89(59-32-18-15-19-33-59,60-34-20-16-21-35-60)61-36-22-17-23-37-61)80(112)102-49-29-42-69(102)78(110)98-66(82(114)115)40-28-48-92-83(91)101-123(118,119)73-56(4)55(3)72-62(57(73)5)53-88(13,14)120-72/h15-23,32-37,54,58,63-70H,24-31,38-53,90H2,1-14H3,(H,93,116)(H,94,117)(H,95,109)(H,96,106)(H,97,108)(H,98,110)(H,99,107)(H,100,105)(H,114,115)(H3,91,92,101)/t58-,63-,64-,65-,66-,67-,68-,69-,70-/m0/s1. The number of aliphatic carboxylic acids is 1. The summed E-state index contributed by atoms with van der Waals surface area (Å²) in [7, 11) is -4.31. The number of carboxylic acid groups (broad SMARTS) is 1. The van der Waals surface area contributed by atoms with Gasteiger partial charge in [0.2, 0.25) is 59.1 Å². The van der Waals surface area contributed by atoms with Gasteiger partial charge in [0.15, 0.2) is 0 Å². The summed E-state index contributed by atoms with van der Waals surface area (Å²) >= 11 is 0. The second kappa shape index (κ2) is 43.4. The molecule has 3 fully saturated rings.